The molecule has 0 radical (unpaired) electrons. The topological polar surface area (TPSA) is 76.1 Å². The van der Waals surface area contributed by atoms with Gasteiger partial charge in [-0.3, -0.25) is 9.59 Å². The van der Waals surface area contributed by atoms with Crippen molar-refractivity contribution in [2.75, 3.05) is 20.3 Å². The predicted octanol–water partition coefficient (Wildman–Crippen LogP) is 3.95. The molecule has 30 heavy (non-hydrogen) atoms. The Morgan fingerprint density at radius 2 is 2.00 bits per heavy atom. The molecular weight excluding hydrogens is 406 g/mol. The number of aliphatic hydroxyl groups excluding tert-OH is 1. The number of rotatable bonds is 5. The van der Waals surface area contributed by atoms with Gasteiger partial charge in [0.05, 0.1) is 24.8 Å². The first-order valence-electron chi connectivity index (χ1n) is 9.79. The Hall–Kier alpha value is -2.83. The summed E-state index contributed by atoms with van der Waals surface area (Å²) in [6.45, 7) is 0.924. The quantitative estimate of drug-likeness (QED) is 0.444. The number of hydrogen-bond donors (Lipinski definition) is 1. The second-order valence-electron chi connectivity index (χ2n) is 7.37. The van der Waals surface area contributed by atoms with Crippen molar-refractivity contribution in [3.63, 3.8) is 0 Å². The third-order valence-electron chi connectivity index (χ3n) is 5.49. The van der Waals surface area contributed by atoms with Crippen LogP contribution in [-0.2, 0) is 14.3 Å². The van der Waals surface area contributed by atoms with Crippen molar-refractivity contribution < 1.29 is 24.2 Å². The van der Waals surface area contributed by atoms with Crippen molar-refractivity contribution >= 4 is 29.1 Å². The molecule has 2 unspecified atom stereocenters. The standard InChI is InChI=1S/C23H22ClNO5/c1-29-17-5-2-4-15(12-17)20-19(21(26)14-7-9-16(24)10-8-14)22(27)23(28)25(20)13-18-6-3-11-30-18/h2,4-5,7-10,12,18,20,26H,3,6,11,13H2,1H3/b21-19+. The van der Waals surface area contributed by atoms with E-state index in [0.29, 0.717) is 28.5 Å². The number of halogens is 1. The Bertz CT molecular complexity index is 995. The molecule has 0 saturated carbocycles. The first-order valence-corrected chi connectivity index (χ1v) is 10.2. The van der Waals surface area contributed by atoms with Crippen molar-refractivity contribution in [3.8, 4) is 5.75 Å². The lowest BCUT2D eigenvalue weighted by atomic mass is 9.95. The Labute approximate surface area is 179 Å². The molecule has 2 atom stereocenters. The van der Waals surface area contributed by atoms with Crippen LogP contribution >= 0.6 is 11.6 Å². The summed E-state index contributed by atoms with van der Waals surface area (Å²) < 4.78 is 11.0. The third-order valence-corrected chi connectivity index (χ3v) is 5.74. The summed E-state index contributed by atoms with van der Waals surface area (Å²) in [5, 5.41) is 11.5. The maximum atomic E-state index is 13.0. The Balaban J connectivity index is 1.83. The molecule has 2 aromatic rings. The van der Waals surface area contributed by atoms with Crippen LogP contribution in [0.1, 0.15) is 30.0 Å². The number of Topliss-reactive ketones (excluding diaryl/α,β-unsaturated/α-hetero) is 1. The van der Waals surface area contributed by atoms with E-state index in [4.69, 9.17) is 21.1 Å². The van der Waals surface area contributed by atoms with Crippen LogP contribution in [0.25, 0.3) is 5.76 Å². The third kappa shape index (κ3) is 3.80. The minimum absolute atomic E-state index is 0.0496. The van der Waals surface area contributed by atoms with Crippen LogP contribution < -0.4 is 4.74 Å². The van der Waals surface area contributed by atoms with Crippen LogP contribution in [-0.4, -0.2) is 48.1 Å². The van der Waals surface area contributed by atoms with E-state index >= 15 is 0 Å². The molecule has 2 aliphatic heterocycles. The first kappa shape index (κ1) is 20.4. The number of likely N-dealkylation sites (tertiary alicyclic amines) is 1. The van der Waals surface area contributed by atoms with E-state index in [0.717, 1.165) is 12.8 Å². The van der Waals surface area contributed by atoms with Crippen LogP contribution in [0, 0.1) is 0 Å². The molecule has 0 aliphatic carbocycles. The molecule has 2 aliphatic rings. The summed E-state index contributed by atoms with van der Waals surface area (Å²) in [6, 6.07) is 12.9. The van der Waals surface area contributed by atoms with Gasteiger partial charge in [0.2, 0.25) is 0 Å². The lowest BCUT2D eigenvalue weighted by molar-refractivity contribution is -0.140. The van der Waals surface area contributed by atoms with Gasteiger partial charge in [0.25, 0.3) is 11.7 Å². The summed E-state index contributed by atoms with van der Waals surface area (Å²) >= 11 is 5.95. The fourth-order valence-corrected chi connectivity index (χ4v) is 4.12. The number of hydrogen-bond acceptors (Lipinski definition) is 5. The van der Waals surface area contributed by atoms with Crippen LogP contribution in [0.4, 0.5) is 0 Å². The van der Waals surface area contributed by atoms with E-state index in [9.17, 15) is 14.7 Å². The number of nitrogens with zero attached hydrogens (tertiary/aromatic N) is 1. The maximum Gasteiger partial charge on any atom is 0.295 e. The molecular formula is C23H22ClNO5. The smallest absolute Gasteiger partial charge is 0.295 e. The molecule has 0 aromatic heterocycles. The highest BCUT2D eigenvalue weighted by Crippen LogP contribution is 2.41. The van der Waals surface area contributed by atoms with Crippen molar-refractivity contribution in [1.82, 2.24) is 4.90 Å². The molecule has 2 aromatic carbocycles. The van der Waals surface area contributed by atoms with Crippen molar-refractivity contribution in [1.29, 1.82) is 0 Å². The van der Waals surface area contributed by atoms with Crippen LogP contribution in [0.5, 0.6) is 5.75 Å². The highest BCUT2D eigenvalue weighted by Gasteiger charge is 2.47. The van der Waals surface area contributed by atoms with Gasteiger partial charge in [-0.1, -0.05) is 23.7 Å². The van der Waals surface area contributed by atoms with Crippen LogP contribution in [0.15, 0.2) is 54.1 Å². The zero-order chi connectivity index (χ0) is 21.3. The largest absolute Gasteiger partial charge is 0.507 e. The zero-order valence-electron chi connectivity index (χ0n) is 16.5. The number of ketones is 1. The predicted molar refractivity (Wildman–Crippen MR) is 112 cm³/mol. The summed E-state index contributed by atoms with van der Waals surface area (Å²) in [6.07, 6.45) is 1.61. The number of aliphatic hydroxyl groups is 1. The molecule has 0 spiro atoms. The van der Waals surface area contributed by atoms with E-state index in [1.165, 1.54) is 4.90 Å². The van der Waals surface area contributed by atoms with Gasteiger partial charge in [0, 0.05) is 23.7 Å². The molecule has 4 rings (SSSR count). The molecule has 156 valence electrons. The summed E-state index contributed by atoms with van der Waals surface area (Å²) in [5.41, 5.74) is 1.15. The number of ether oxygens (including phenoxy) is 2. The van der Waals surface area contributed by atoms with Crippen LogP contribution in [0.3, 0.4) is 0 Å². The van der Waals surface area contributed by atoms with Gasteiger partial charge in [-0.15, -0.1) is 0 Å². The lowest BCUT2D eigenvalue weighted by Gasteiger charge is -2.27. The maximum absolute atomic E-state index is 13.0. The number of carbonyl (C=O) groups is 2. The number of benzene rings is 2. The Kier molecular flexibility index (Phi) is 5.79. The molecule has 2 heterocycles. The van der Waals surface area contributed by atoms with E-state index in [1.807, 2.05) is 6.07 Å². The van der Waals surface area contributed by atoms with Crippen molar-refractivity contribution in [2.45, 2.75) is 25.0 Å². The van der Waals surface area contributed by atoms with Gasteiger partial charge in [0.15, 0.2) is 0 Å². The van der Waals surface area contributed by atoms with E-state index in [1.54, 1.807) is 49.6 Å². The SMILES string of the molecule is COc1cccc(C2/C(=C(\O)c3ccc(Cl)cc3)C(=O)C(=O)N2CC2CCCO2)c1. The molecule has 1 amide bonds. The summed E-state index contributed by atoms with van der Waals surface area (Å²) in [5.74, 6) is -0.989. The van der Waals surface area contributed by atoms with Gasteiger partial charge < -0.3 is 19.5 Å². The van der Waals surface area contributed by atoms with Gasteiger partial charge in [-0.2, -0.15) is 0 Å². The van der Waals surface area contributed by atoms with Gasteiger partial charge >= 0.3 is 0 Å². The second-order valence-corrected chi connectivity index (χ2v) is 7.81. The van der Waals surface area contributed by atoms with E-state index in [2.05, 4.69) is 0 Å². The Morgan fingerprint density at radius 3 is 2.67 bits per heavy atom. The second kappa shape index (κ2) is 8.50. The van der Waals surface area contributed by atoms with Crippen LogP contribution in [0.2, 0.25) is 5.02 Å². The minimum atomic E-state index is -0.736. The van der Waals surface area contributed by atoms with E-state index in [-0.39, 0.29) is 24.0 Å². The summed E-state index contributed by atoms with van der Waals surface area (Å²) in [4.78, 5) is 27.5. The van der Waals surface area contributed by atoms with Gasteiger partial charge in [-0.05, 0) is 54.8 Å². The number of carbonyl (C=O) groups excluding carboxylic acids is 2. The minimum Gasteiger partial charge on any atom is -0.507 e. The van der Waals surface area contributed by atoms with Crippen molar-refractivity contribution in [3.05, 3.63) is 70.3 Å². The molecule has 1 N–H and O–H groups in total. The highest BCUT2D eigenvalue weighted by molar-refractivity contribution is 6.46. The fourth-order valence-electron chi connectivity index (χ4n) is 4.00. The zero-order valence-corrected chi connectivity index (χ0v) is 17.3. The molecule has 2 saturated heterocycles. The molecule has 7 heteroatoms. The monoisotopic (exact) mass is 427 g/mol. The normalized spacial score (nSPS) is 23.2. The Morgan fingerprint density at radius 1 is 1.23 bits per heavy atom. The molecule has 2 fully saturated rings. The average molecular weight is 428 g/mol. The molecule has 6 nitrogen and oxygen atoms in total. The fraction of sp³-hybridized carbons (Fsp3) is 0.304. The van der Waals surface area contributed by atoms with E-state index < -0.39 is 17.7 Å². The lowest BCUT2D eigenvalue weighted by Crippen LogP contribution is -2.36. The van der Waals surface area contributed by atoms with Crippen molar-refractivity contribution in [2.24, 2.45) is 0 Å². The molecule has 0 bridgehead atoms. The highest BCUT2D eigenvalue weighted by atomic mass is 35.5. The number of methoxy groups -OCH3 is 1. The van der Waals surface area contributed by atoms with Gasteiger partial charge in [0.1, 0.15) is 11.5 Å². The average Bonchev–Trinajstić information content (AvgIpc) is 3.36. The summed E-state index contributed by atoms with van der Waals surface area (Å²) in [7, 11) is 1.55. The number of amides is 1. The first-order chi connectivity index (χ1) is 14.5. The van der Waals surface area contributed by atoms with Gasteiger partial charge in [-0.25, -0.2) is 0 Å².